The number of urea groups is 1. The SMILES string of the molecule is COc1ccc(NC(=O)N2CCN(c3cccc(Cl)c3)CC2)cc1F. The normalized spacial score (nSPS) is 14.4. The van der Waals surface area contributed by atoms with Crippen LogP contribution in [0.4, 0.5) is 20.6 Å². The van der Waals surface area contributed by atoms with Crippen molar-refractivity contribution >= 4 is 29.0 Å². The Hall–Kier alpha value is -2.47. The van der Waals surface area contributed by atoms with Crippen LogP contribution in [0.1, 0.15) is 0 Å². The Morgan fingerprint density at radius 2 is 1.92 bits per heavy atom. The van der Waals surface area contributed by atoms with E-state index in [0.29, 0.717) is 36.9 Å². The second kappa shape index (κ2) is 7.61. The van der Waals surface area contributed by atoms with Crippen molar-refractivity contribution in [3.63, 3.8) is 0 Å². The number of nitrogens with one attached hydrogen (secondary N) is 1. The van der Waals surface area contributed by atoms with Crippen molar-refractivity contribution in [2.45, 2.75) is 0 Å². The van der Waals surface area contributed by atoms with Gasteiger partial charge < -0.3 is 19.9 Å². The summed E-state index contributed by atoms with van der Waals surface area (Å²) >= 11 is 6.03. The minimum atomic E-state index is -0.508. The highest BCUT2D eigenvalue weighted by Gasteiger charge is 2.21. The molecule has 0 atom stereocenters. The summed E-state index contributed by atoms with van der Waals surface area (Å²) in [5, 5.41) is 3.41. The Kier molecular flexibility index (Phi) is 5.28. The Morgan fingerprint density at radius 3 is 2.56 bits per heavy atom. The summed E-state index contributed by atoms with van der Waals surface area (Å²) in [6.07, 6.45) is 0. The summed E-state index contributed by atoms with van der Waals surface area (Å²) in [5.41, 5.74) is 1.45. The summed E-state index contributed by atoms with van der Waals surface area (Å²) in [6, 6.07) is 11.8. The van der Waals surface area contributed by atoms with Crippen LogP contribution in [-0.4, -0.2) is 44.2 Å². The molecule has 0 bridgehead atoms. The first-order valence-electron chi connectivity index (χ1n) is 7.97. The van der Waals surface area contributed by atoms with Gasteiger partial charge in [-0.15, -0.1) is 0 Å². The van der Waals surface area contributed by atoms with Crippen LogP contribution in [0, 0.1) is 5.82 Å². The molecular weight excluding hydrogens is 345 g/mol. The van der Waals surface area contributed by atoms with Crippen molar-refractivity contribution < 1.29 is 13.9 Å². The van der Waals surface area contributed by atoms with Crippen LogP contribution < -0.4 is 15.0 Å². The molecule has 2 amide bonds. The van der Waals surface area contributed by atoms with E-state index < -0.39 is 5.82 Å². The number of methoxy groups -OCH3 is 1. The number of halogens is 2. The molecule has 7 heteroatoms. The third kappa shape index (κ3) is 4.14. The lowest BCUT2D eigenvalue weighted by atomic mass is 10.2. The van der Waals surface area contributed by atoms with Gasteiger partial charge in [0.25, 0.3) is 0 Å². The van der Waals surface area contributed by atoms with Gasteiger partial charge in [0, 0.05) is 48.6 Å². The molecule has 0 aliphatic carbocycles. The third-order valence-corrected chi connectivity index (χ3v) is 4.38. The molecule has 2 aromatic carbocycles. The lowest BCUT2D eigenvalue weighted by Crippen LogP contribution is -2.50. The first-order valence-corrected chi connectivity index (χ1v) is 8.34. The predicted molar refractivity (Wildman–Crippen MR) is 97.2 cm³/mol. The molecule has 25 heavy (non-hydrogen) atoms. The van der Waals surface area contributed by atoms with Crippen LogP contribution in [0.2, 0.25) is 5.02 Å². The monoisotopic (exact) mass is 363 g/mol. The molecule has 0 unspecified atom stereocenters. The van der Waals surface area contributed by atoms with Crippen molar-refractivity contribution in [1.29, 1.82) is 0 Å². The maximum atomic E-state index is 13.7. The molecule has 0 radical (unpaired) electrons. The second-order valence-corrected chi connectivity index (χ2v) is 6.17. The fraction of sp³-hybridized carbons (Fsp3) is 0.278. The van der Waals surface area contributed by atoms with Crippen LogP contribution in [0.15, 0.2) is 42.5 Å². The van der Waals surface area contributed by atoms with Gasteiger partial charge in [0.1, 0.15) is 0 Å². The minimum Gasteiger partial charge on any atom is -0.494 e. The average Bonchev–Trinajstić information content (AvgIpc) is 2.62. The van der Waals surface area contributed by atoms with E-state index in [1.54, 1.807) is 11.0 Å². The molecular formula is C18H19ClFN3O2. The Labute approximate surface area is 150 Å². The van der Waals surface area contributed by atoms with Crippen LogP contribution in [0.3, 0.4) is 0 Å². The largest absolute Gasteiger partial charge is 0.494 e. The Morgan fingerprint density at radius 1 is 1.16 bits per heavy atom. The molecule has 1 aliphatic rings. The molecule has 1 heterocycles. The first-order chi connectivity index (χ1) is 12.1. The zero-order chi connectivity index (χ0) is 17.8. The number of benzene rings is 2. The molecule has 2 aromatic rings. The van der Waals surface area contributed by atoms with Crippen LogP contribution in [0.25, 0.3) is 0 Å². The number of carbonyl (C=O) groups is 1. The van der Waals surface area contributed by atoms with Crippen LogP contribution in [-0.2, 0) is 0 Å². The second-order valence-electron chi connectivity index (χ2n) is 5.73. The zero-order valence-corrected chi connectivity index (χ0v) is 14.6. The number of hydrogen-bond acceptors (Lipinski definition) is 3. The Bertz CT molecular complexity index is 764. The topological polar surface area (TPSA) is 44.8 Å². The van der Waals surface area contributed by atoms with E-state index in [-0.39, 0.29) is 11.8 Å². The van der Waals surface area contributed by atoms with E-state index in [2.05, 4.69) is 10.2 Å². The number of amides is 2. The van der Waals surface area contributed by atoms with Crippen LogP contribution in [0.5, 0.6) is 5.75 Å². The highest BCUT2D eigenvalue weighted by Crippen LogP contribution is 2.22. The lowest BCUT2D eigenvalue weighted by Gasteiger charge is -2.36. The number of rotatable bonds is 3. The summed E-state index contributed by atoms with van der Waals surface area (Å²) in [5.74, 6) is -0.362. The van der Waals surface area contributed by atoms with Crippen molar-refractivity contribution in [3.8, 4) is 5.75 Å². The van der Waals surface area contributed by atoms with Crippen molar-refractivity contribution in [3.05, 3.63) is 53.3 Å². The maximum absolute atomic E-state index is 13.7. The number of ether oxygens (including phenoxy) is 1. The van der Waals surface area contributed by atoms with Gasteiger partial charge in [0.15, 0.2) is 11.6 Å². The van der Waals surface area contributed by atoms with Gasteiger partial charge in [-0.3, -0.25) is 0 Å². The van der Waals surface area contributed by atoms with E-state index in [1.165, 1.54) is 19.2 Å². The van der Waals surface area contributed by atoms with Gasteiger partial charge in [-0.05, 0) is 30.3 Å². The average molecular weight is 364 g/mol. The van der Waals surface area contributed by atoms with Gasteiger partial charge in [0.2, 0.25) is 0 Å². The molecule has 0 aromatic heterocycles. The minimum absolute atomic E-state index is 0.146. The fourth-order valence-corrected chi connectivity index (χ4v) is 2.97. The number of nitrogens with zero attached hydrogens (tertiary/aromatic N) is 2. The van der Waals surface area contributed by atoms with Crippen molar-refractivity contribution in [1.82, 2.24) is 4.90 Å². The van der Waals surface area contributed by atoms with E-state index in [1.807, 2.05) is 24.3 Å². The predicted octanol–water partition coefficient (Wildman–Crippen LogP) is 3.84. The summed E-state index contributed by atoms with van der Waals surface area (Å²) in [7, 11) is 1.40. The van der Waals surface area contributed by atoms with E-state index in [9.17, 15) is 9.18 Å². The van der Waals surface area contributed by atoms with Gasteiger partial charge in [-0.1, -0.05) is 17.7 Å². The number of carbonyl (C=O) groups excluding carboxylic acids is 1. The number of hydrogen-bond donors (Lipinski definition) is 1. The molecule has 3 rings (SSSR count). The van der Waals surface area contributed by atoms with Crippen LogP contribution >= 0.6 is 11.6 Å². The summed E-state index contributed by atoms with van der Waals surface area (Å²) in [6.45, 7) is 2.59. The fourth-order valence-electron chi connectivity index (χ4n) is 2.79. The molecule has 1 fully saturated rings. The molecule has 0 spiro atoms. The Balaban J connectivity index is 1.57. The standard InChI is InChI=1S/C18H19ClFN3O2/c1-25-17-6-5-14(12-16(17)20)21-18(24)23-9-7-22(8-10-23)15-4-2-3-13(19)11-15/h2-6,11-12H,7-10H2,1H3,(H,21,24). The smallest absolute Gasteiger partial charge is 0.321 e. The van der Waals surface area contributed by atoms with Gasteiger partial charge in [-0.2, -0.15) is 0 Å². The van der Waals surface area contributed by atoms with Crippen molar-refractivity contribution in [2.24, 2.45) is 0 Å². The third-order valence-electron chi connectivity index (χ3n) is 4.14. The molecule has 132 valence electrons. The number of anilines is 2. The highest BCUT2D eigenvalue weighted by atomic mass is 35.5. The van der Waals surface area contributed by atoms with E-state index in [4.69, 9.17) is 16.3 Å². The molecule has 0 saturated carbocycles. The summed E-state index contributed by atoms with van der Waals surface area (Å²) in [4.78, 5) is 16.2. The lowest BCUT2D eigenvalue weighted by molar-refractivity contribution is 0.208. The molecule has 5 nitrogen and oxygen atoms in total. The van der Waals surface area contributed by atoms with Gasteiger partial charge in [-0.25, -0.2) is 9.18 Å². The zero-order valence-electron chi connectivity index (χ0n) is 13.8. The first kappa shape index (κ1) is 17.4. The quantitative estimate of drug-likeness (QED) is 0.901. The van der Waals surface area contributed by atoms with E-state index >= 15 is 0 Å². The summed E-state index contributed by atoms with van der Waals surface area (Å²) < 4.78 is 18.6. The van der Waals surface area contributed by atoms with Crippen molar-refractivity contribution in [2.75, 3.05) is 43.5 Å². The van der Waals surface area contributed by atoms with E-state index in [0.717, 1.165) is 5.69 Å². The molecule has 1 saturated heterocycles. The van der Waals surface area contributed by atoms with Gasteiger partial charge >= 0.3 is 6.03 Å². The highest BCUT2D eigenvalue weighted by molar-refractivity contribution is 6.30. The number of piperazine rings is 1. The van der Waals surface area contributed by atoms with Gasteiger partial charge in [0.05, 0.1) is 7.11 Å². The molecule has 1 N–H and O–H groups in total. The maximum Gasteiger partial charge on any atom is 0.321 e. The molecule has 1 aliphatic heterocycles.